The van der Waals surface area contributed by atoms with Gasteiger partial charge in [-0.3, -0.25) is 0 Å². The van der Waals surface area contributed by atoms with Crippen LogP contribution in [0.15, 0.2) is 4.99 Å². The topological polar surface area (TPSA) is 21.6 Å². The lowest BCUT2D eigenvalue weighted by Crippen LogP contribution is -2.23. The fourth-order valence-corrected chi connectivity index (χ4v) is 0.365. The van der Waals surface area contributed by atoms with Crippen molar-refractivity contribution in [2.45, 2.75) is 6.18 Å². The summed E-state index contributed by atoms with van der Waals surface area (Å²) in [6.45, 7) is 1.24. The van der Waals surface area contributed by atoms with Gasteiger partial charge in [0.05, 0.1) is 6.61 Å². The molecule has 0 saturated carbocycles. The Hall–Kier alpha value is -0.580. The summed E-state index contributed by atoms with van der Waals surface area (Å²) in [4.78, 5) is 2.83. The van der Waals surface area contributed by atoms with Crippen molar-refractivity contribution in [2.75, 3.05) is 6.61 Å². The zero-order chi connectivity index (χ0) is 6.91. The van der Waals surface area contributed by atoms with Gasteiger partial charge < -0.3 is 4.74 Å². The van der Waals surface area contributed by atoms with Crippen molar-refractivity contribution in [3.63, 3.8) is 0 Å². The monoisotopic (exact) mass is 137 g/mol. The van der Waals surface area contributed by atoms with Gasteiger partial charge in [-0.2, -0.15) is 13.2 Å². The lowest BCUT2D eigenvalue weighted by molar-refractivity contribution is -0.0609. The molecular formula is C4H2F3NO. The minimum atomic E-state index is -4.36. The Morgan fingerprint density at radius 1 is 1.56 bits per heavy atom. The molecule has 0 aliphatic carbocycles. The lowest BCUT2D eigenvalue weighted by Gasteiger charge is -2.01. The van der Waals surface area contributed by atoms with E-state index in [4.69, 9.17) is 0 Å². The number of aliphatic imine (C=N–C) groups is 1. The van der Waals surface area contributed by atoms with E-state index in [1.54, 1.807) is 6.73 Å². The molecule has 0 amide bonds. The maximum absolute atomic E-state index is 11.5. The molecule has 2 nitrogen and oxygen atoms in total. The minimum absolute atomic E-state index is 0.510. The first-order valence-electron chi connectivity index (χ1n) is 2.11. The van der Waals surface area contributed by atoms with Crippen LogP contribution in [0.4, 0.5) is 13.2 Å². The molecule has 50 valence electrons. The van der Waals surface area contributed by atoms with Gasteiger partial charge in [0.1, 0.15) is 5.71 Å². The highest BCUT2D eigenvalue weighted by Gasteiger charge is 2.37. The van der Waals surface area contributed by atoms with Crippen LogP contribution < -0.4 is 0 Å². The van der Waals surface area contributed by atoms with Gasteiger partial charge in [-0.25, -0.2) is 4.99 Å². The molecule has 0 bridgehead atoms. The first kappa shape index (κ1) is 6.54. The van der Waals surface area contributed by atoms with Crippen LogP contribution >= 0.6 is 0 Å². The van der Waals surface area contributed by atoms with Crippen LogP contribution in [-0.4, -0.2) is 18.5 Å². The van der Waals surface area contributed by atoms with Crippen molar-refractivity contribution in [2.24, 2.45) is 4.99 Å². The molecule has 0 unspecified atom stereocenters. The summed E-state index contributed by atoms with van der Waals surface area (Å²) in [5.74, 6) is 0. The fourth-order valence-electron chi connectivity index (χ4n) is 0.365. The first-order chi connectivity index (χ1) is 4.11. The number of hydrogen-bond donors (Lipinski definition) is 0. The summed E-state index contributed by atoms with van der Waals surface area (Å²) in [5.41, 5.74) is -0.928. The van der Waals surface area contributed by atoms with Crippen LogP contribution in [0.5, 0.6) is 0 Å². The minimum Gasteiger partial charge on any atom is -0.339 e. The highest BCUT2D eigenvalue weighted by Crippen LogP contribution is 2.20. The predicted octanol–water partition coefficient (Wildman–Crippen LogP) is 1.02. The standard InChI is InChI=1S/C4H2F3NO/c5-4(6,7)3-1-9-2-8-3/h1H2. The van der Waals surface area contributed by atoms with E-state index in [1.165, 1.54) is 0 Å². The molecule has 0 atom stereocenters. The van der Waals surface area contributed by atoms with Gasteiger partial charge in [-0.15, -0.1) is 0 Å². The average molecular weight is 137 g/mol. The summed E-state index contributed by atoms with van der Waals surface area (Å²) < 4.78 is 38.6. The second kappa shape index (κ2) is 1.98. The van der Waals surface area contributed by atoms with Gasteiger partial charge in [0.25, 0.3) is 6.73 Å². The van der Waals surface area contributed by atoms with Gasteiger partial charge in [0.15, 0.2) is 0 Å². The molecule has 5 heteroatoms. The molecule has 9 heavy (non-hydrogen) atoms. The summed E-state index contributed by atoms with van der Waals surface area (Å²) in [6, 6.07) is 0. The highest BCUT2D eigenvalue weighted by atomic mass is 19.4. The van der Waals surface area contributed by atoms with E-state index >= 15 is 0 Å². The van der Waals surface area contributed by atoms with Gasteiger partial charge in [-0.1, -0.05) is 0 Å². The number of hydrogen-bond acceptors (Lipinski definition) is 2. The van der Waals surface area contributed by atoms with Crippen molar-refractivity contribution in [1.29, 1.82) is 0 Å². The van der Waals surface area contributed by atoms with E-state index < -0.39 is 18.5 Å². The molecule has 0 aromatic carbocycles. The van der Waals surface area contributed by atoms with Crippen LogP contribution in [-0.2, 0) is 4.74 Å². The molecule has 0 saturated heterocycles. The zero-order valence-electron chi connectivity index (χ0n) is 4.20. The quantitative estimate of drug-likeness (QED) is 0.488. The summed E-state index contributed by atoms with van der Waals surface area (Å²) in [5, 5.41) is 0. The van der Waals surface area contributed by atoms with Crippen LogP contribution in [0.2, 0.25) is 0 Å². The van der Waals surface area contributed by atoms with Crippen molar-refractivity contribution < 1.29 is 17.9 Å². The van der Waals surface area contributed by atoms with Gasteiger partial charge >= 0.3 is 6.18 Å². The maximum Gasteiger partial charge on any atom is 0.431 e. The van der Waals surface area contributed by atoms with E-state index in [0.717, 1.165) is 0 Å². The molecule has 1 aliphatic heterocycles. The molecule has 1 rings (SSSR count). The summed E-state index contributed by atoms with van der Waals surface area (Å²) >= 11 is 0. The Morgan fingerprint density at radius 3 is 2.44 bits per heavy atom. The molecular weight excluding hydrogens is 135 g/mol. The maximum atomic E-state index is 11.5. The largest absolute Gasteiger partial charge is 0.431 e. The molecule has 0 spiro atoms. The van der Waals surface area contributed by atoms with E-state index in [2.05, 4.69) is 9.73 Å². The number of ether oxygens (including phenoxy) is 1. The Morgan fingerprint density at radius 2 is 2.22 bits per heavy atom. The Bertz CT molecular complexity index is 139. The van der Waals surface area contributed by atoms with E-state index in [1.807, 2.05) is 0 Å². The van der Waals surface area contributed by atoms with Crippen LogP contribution in [0.3, 0.4) is 0 Å². The third-order valence-electron chi connectivity index (χ3n) is 0.781. The van der Waals surface area contributed by atoms with Gasteiger partial charge in [0, 0.05) is 0 Å². The number of rotatable bonds is 0. The fraction of sp³-hybridized carbons (Fsp3) is 0.500. The molecule has 1 heterocycles. The number of halogens is 3. The molecule has 1 aliphatic rings. The van der Waals surface area contributed by atoms with Crippen molar-refractivity contribution in [1.82, 2.24) is 0 Å². The van der Waals surface area contributed by atoms with Gasteiger partial charge in [-0.05, 0) is 0 Å². The Balaban J connectivity index is 2.61. The van der Waals surface area contributed by atoms with Crippen molar-refractivity contribution in [3.8, 4) is 0 Å². The van der Waals surface area contributed by atoms with E-state index in [9.17, 15) is 13.2 Å². The van der Waals surface area contributed by atoms with Crippen LogP contribution in [0.25, 0.3) is 0 Å². The smallest absolute Gasteiger partial charge is 0.339 e. The first-order valence-corrected chi connectivity index (χ1v) is 2.11. The number of nitrogens with zero attached hydrogens (tertiary/aromatic N) is 1. The lowest BCUT2D eigenvalue weighted by atomic mass is 10.4. The summed E-state index contributed by atoms with van der Waals surface area (Å²) in [6.07, 6.45) is -4.36. The van der Waals surface area contributed by atoms with Crippen molar-refractivity contribution >= 4 is 5.71 Å². The SMILES string of the molecule is FC(F)(F)C1=N[C]OC1. The predicted molar refractivity (Wildman–Crippen MR) is 22.7 cm³/mol. The van der Waals surface area contributed by atoms with Gasteiger partial charge in [0.2, 0.25) is 0 Å². The Labute approximate surface area is 49.3 Å². The average Bonchev–Trinajstić information content (AvgIpc) is 2.08. The molecule has 2 radical (unpaired) electrons. The zero-order valence-corrected chi connectivity index (χ0v) is 4.20. The summed E-state index contributed by atoms with van der Waals surface area (Å²) in [7, 11) is 0. The van der Waals surface area contributed by atoms with E-state index in [0.29, 0.717) is 0 Å². The van der Waals surface area contributed by atoms with Crippen LogP contribution in [0, 0.1) is 6.73 Å². The van der Waals surface area contributed by atoms with Crippen molar-refractivity contribution in [3.05, 3.63) is 6.73 Å². The second-order valence-electron chi connectivity index (χ2n) is 1.44. The third-order valence-corrected chi connectivity index (χ3v) is 0.781. The highest BCUT2D eigenvalue weighted by molar-refractivity contribution is 5.92. The molecule has 0 fully saturated rings. The van der Waals surface area contributed by atoms with Crippen LogP contribution in [0.1, 0.15) is 0 Å². The normalized spacial score (nSPS) is 20.1. The third kappa shape index (κ3) is 1.41. The molecule has 0 aromatic rings. The number of alkyl halides is 3. The molecule has 0 aromatic heterocycles. The van der Waals surface area contributed by atoms with E-state index in [-0.39, 0.29) is 0 Å². The molecule has 0 N–H and O–H groups in total. The Kier molecular flexibility index (Phi) is 1.44. The second-order valence-corrected chi connectivity index (χ2v) is 1.44.